The first-order valence-electron chi connectivity index (χ1n) is 6.50. The molecule has 18 heavy (non-hydrogen) atoms. The SMILES string of the molecule is NC1CCC(C(=O)N2CCc3ccc(F)cc32)C1. The van der Waals surface area contributed by atoms with E-state index < -0.39 is 0 Å². The Hall–Kier alpha value is -1.42. The van der Waals surface area contributed by atoms with Crippen LogP contribution in [0.4, 0.5) is 10.1 Å². The Morgan fingerprint density at radius 3 is 2.94 bits per heavy atom. The molecule has 4 heteroatoms. The maximum absolute atomic E-state index is 13.3. The Morgan fingerprint density at radius 2 is 2.22 bits per heavy atom. The highest BCUT2D eigenvalue weighted by Crippen LogP contribution is 2.33. The Kier molecular flexibility index (Phi) is 2.82. The molecule has 1 saturated carbocycles. The van der Waals surface area contributed by atoms with Gasteiger partial charge in [-0.1, -0.05) is 6.07 Å². The number of anilines is 1. The van der Waals surface area contributed by atoms with Crippen molar-refractivity contribution >= 4 is 11.6 Å². The fourth-order valence-corrected chi connectivity index (χ4v) is 3.04. The van der Waals surface area contributed by atoms with Gasteiger partial charge < -0.3 is 10.6 Å². The summed E-state index contributed by atoms with van der Waals surface area (Å²) in [6.07, 6.45) is 3.36. The third-order valence-electron chi connectivity index (χ3n) is 4.03. The van der Waals surface area contributed by atoms with Crippen molar-refractivity contribution in [2.24, 2.45) is 11.7 Å². The lowest BCUT2D eigenvalue weighted by atomic mass is 10.1. The van der Waals surface area contributed by atoms with Gasteiger partial charge in [-0.15, -0.1) is 0 Å². The summed E-state index contributed by atoms with van der Waals surface area (Å²) in [6, 6.07) is 4.85. The van der Waals surface area contributed by atoms with Crippen molar-refractivity contribution in [3.63, 3.8) is 0 Å². The van der Waals surface area contributed by atoms with Crippen molar-refractivity contribution in [2.45, 2.75) is 31.7 Å². The molecule has 3 rings (SSSR count). The first-order valence-corrected chi connectivity index (χ1v) is 6.50. The van der Waals surface area contributed by atoms with Crippen LogP contribution in [0.3, 0.4) is 0 Å². The highest BCUT2D eigenvalue weighted by molar-refractivity contribution is 5.97. The molecule has 0 spiro atoms. The van der Waals surface area contributed by atoms with Crippen LogP contribution in [0.2, 0.25) is 0 Å². The van der Waals surface area contributed by atoms with Crippen LogP contribution in [0.5, 0.6) is 0 Å². The largest absolute Gasteiger partial charge is 0.328 e. The third kappa shape index (κ3) is 1.90. The fourth-order valence-electron chi connectivity index (χ4n) is 3.04. The number of nitrogens with zero attached hydrogens (tertiary/aromatic N) is 1. The van der Waals surface area contributed by atoms with E-state index in [1.54, 1.807) is 11.0 Å². The van der Waals surface area contributed by atoms with E-state index in [0.717, 1.165) is 36.9 Å². The number of carbonyl (C=O) groups is 1. The van der Waals surface area contributed by atoms with Gasteiger partial charge in [-0.05, 0) is 43.4 Å². The van der Waals surface area contributed by atoms with Crippen LogP contribution in [0.1, 0.15) is 24.8 Å². The molecule has 1 aromatic carbocycles. The molecule has 2 N–H and O–H groups in total. The highest BCUT2D eigenvalue weighted by atomic mass is 19.1. The molecule has 1 heterocycles. The van der Waals surface area contributed by atoms with Gasteiger partial charge in [0, 0.05) is 24.2 Å². The molecule has 0 saturated heterocycles. The summed E-state index contributed by atoms with van der Waals surface area (Å²) in [4.78, 5) is 14.2. The van der Waals surface area contributed by atoms with Gasteiger partial charge in [0.2, 0.25) is 5.91 Å². The van der Waals surface area contributed by atoms with Crippen LogP contribution >= 0.6 is 0 Å². The zero-order valence-corrected chi connectivity index (χ0v) is 10.2. The van der Waals surface area contributed by atoms with Gasteiger partial charge in [0.1, 0.15) is 5.82 Å². The molecule has 96 valence electrons. The van der Waals surface area contributed by atoms with E-state index in [9.17, 15) is 9.18 Å². The molecule has 1 fully saturated rings. The molecule has 1 aliphatic heterocycles. The normalized spacial score (nSPS) is 26.4. The van der Waals surface area contributed by atoms with Crippen molar-refractivity contribution in [3.05, 3.63) is 29.6 Å². The molecular formula is C14H17FN2O. The smallest absolute Gasteiger partial charge is 0.230 e. The Bertz CT molecular complexity index is 489. The zero-order valence-electron chi connectivity index (χ0n) is 10.2. The minimum absolute atomic E-state index is 0.0224. The molecule has 3 nitrogen and oxygen atoms in total. The molecule has 2 aliphatic rings. The minimum Gasteiger partial charge on any atom is -0.328 e. The van der Waals surface area contributed by atoms with E-state index in [4.69, 9.17) is 5.73 Å². The number of rotatable bonds is 1. The van der Waals surface area contributed by atoms with Crippen LogP contribution in [-0.4, -0.2) is 18.5 Å². The average Bonchev–Trinajstić information content (AvgIpc) is 2.94. The first-order chi connectivity index (χ1) is 8.65. The number of hydrogen-bond donors (Lipinski definition) is 1. The Balaban J connectivity index is 1.83. The molecule has 2 atom stereocenters. The number of nitrogens with two attached hydrogens (primary N) is 1. The highest BCUT2D eigenvalue weighted by Gasteiger charge is 2.34. The fraction of sp³-hybridized carbons (Fsp3) is 0.500. The van der Waals surface area contributed by atoms with Gasteiger partial charge in [0.25, 0.3) is 0 Å². The minimum atomic E-state index is -0.281. The maximum atomic E-state index is 13.3. The van der Waals surface area contributed by atoms with Gasteiger partial charge in [-0.3, -0.25) is 4.79 Å². The second-order valence-corrected chi connectivity index (χ2v) is 5.28. The summed E-state index contributed by atoms with van der Waals surface area (Å²) >= 11 is 0. The lowest BCUT2D eigenvalue weighted by molar-refractivity contribution is -0.122. The van der Waals surface area contributed by atoms with E-state index in [2.05, 4.69) is 0 Å². The van der Waals surface area contributed by atoms with Crippen LogP contribution in [0.25, 0.3) is 0 Å². The Morgan fingerprint density at radius 1 is 1.39 bits per heavy atom. The van der Waals surface area contributed by atoms with Crippen molar-refractivity contribution in [2.75, 3.05) is 11.4 Å². The number of benzene rings is 1. The van der Waals surface area contributed by atoms with Crippen LogP contribution in [-0.2, 0) is 11.2 Å². The topological polar surface area (TPSA) is 46.3 Å². The number of fused-ring (bicyclic) bond motifs is 1. The van der Waals surface area contributed by atoms with Gasteiger partial charge >= 0.3 is 0 Å². The van der Waals surface area contributed by atoms with Gasteiger partial charge in [0.15, 0.2) is 0 Å². The van der Waals surface area contributed by atoms with Crippen LogP contribution < -0.4 is 10.6 Å². The Labute approximate surface area is 106 Å². The molecule has 1 amide bonds. The van der Waals surface area contributed by atoms with E-state index >= 15 is 0 Å². The molecular weight excluding hydrogens is 231 g/mol. The van der Waals surface area contributed by atoms with E-state index in [1.165, 1.54) is 12.1 Å². The summed E-state index contributed by atoms with van der Waals surface area (Å²) in [5.74, 6) is -0.141. The molecule has 2 unspecified atom stereocenters. The van der Waals surface area contributed by atoms with Gasteiger partial charge in [-0.2, -0.15) is 0 Å². The maximum Gasteiger partial charge on any atom is 0.230 e. The second-order valence-electron chi connectivity index (χ2n) is 5.28. The summed E-state index contributed by atoms with van der Waals surface area (Å²) in [7, 11) is 0. The number of carbonyl (C=O) groups excluding carboxylic acids is 1. The summed E-state index contributed by atoms with van der Waals surface area (Å²) in [6.45, 7) is 0.670. The van der Waals surface area contributed by atoms with E-state index in [1.807, 2.05) is 0 Å². The molecule has 1 aromatic rings. The summed E-state index contributed by atoms with van der Waals surface area (Å²) < 4.78 is 13.3. The van der Waals surface area contributed by atoms with E-state index in [-0.39, 0.29) is 23.7 Å². The van der Waals surface area contributed by atoms with Crippen molar-refractivity contribution in [1.82, 2.24) is 0 Å². The summed E-state index contributed by atoms with van der Waals surface area (Å²) in [5.41, 5.74) is 7.66. The second kappa shape index (κ2) is 4.35. The molecule has 1 aliphatic carbocycles. The standard InChI is InChI=1S/C14H17FN2O/c15-11-3-1-9-5-6-17(13(9)8-11)14(18)10-2-4-12(16)7-10/h1,3,8,10,12H,2,4-7,16H2. The number of amides is 1. The summed E-state index contributed by atoms with van der Waals surface area (Å²) in [5, 5.41) is 0. The van der Waals surface area contributed by atoms with Crippen molar-refractivity contribution in [3.8, 4) is 0 Å². The lowest BCUT2D eigenvalue weighted by Crippen LogP contribution is -2.34. The predicted molar refractivity (Wildman–Crippen MR) is 67.8 cm³/mol. The van der Waals surface area contributed by atoms with Crippen LogP contribution in [0, 0.1) is 11.7 Å². The lowest BCUT2D eigenvalue weighted by Gasteiger charge is -2.21. The van der Waals surface area contributed by atoms with E-state index in [0.29, 0.717) is 6.54 Å². The van der Waals surface area contributed by atoms with Crippen molar-refractivity contribution < 1.29 is 9.18 Å². The molecule has 0 radical (unpaired) electrons. The third-order valence-corrected chi connectivity index (χ3v) is 4.03. The van der Waals surface area contributed by atoms with Crippen molar-refractivity contribution in [1.29, 1.82) is 0 Å². The molecule has 0 aromatic heterocycles. The number of halogens is 1. The monoisotopic (exact) mass is 248 g/mol. The molecule has 0 bridgehead atoms. The average molecular weight is 248 g/mol. The first kappa shape index (κ1) is 11.7. The van der Waals surface area contributed by atoms with Crippen LogP contribution in [0.15, 0.2) is 18.2 Å². The predicted octanol–water partition coefficient (Wildman–Crippen LogP) is 1.84. The quantitative estimate of drug-likeness (QED) is 0.824. The van der Waals surface area contributed by atoms with Gasteiger partial charge in [-0.25, -0.2) is 4.39 Å². The number of hydrogen-bond acceptors (Lipinski definition) is 2. The zero-order chi connectivity index (χ0) is 12.7. The van der Waals surface area contributed by atoms with Gasteiger partial charge in [0.05, 0.1) is 0 Å².